The molecule has 1 amide bonds. The predicted molar refractivity (Wildman–Crippen MR) is 109 cm³/mol. The Balaban J connectivity index is 1.33. The van der Waals surface area contributed by atoms with Crippen LogP contribution in [0.1, 0.15) is 90.4 Å². The van der Waals surface area contributed by atoms with Gasteiger partial charge in [0.2, 0.25) is 0 Å². The lowest BCUT2D eigenvalue weighted by Crippen LogP contribution is -2.45. The number of nitrogens with zero attached hydrogens (tertiary/aromatic N) is 3. The SMILES string of the molecule is Cc1nc2c(c(=O)[nH]1)CCC21CCN(C(=O)c2cn[nH]c2C2CCCCC2)CC1. The van der Waals surface area contributed by atoms with Crippen LogP contribution in [0.25, 0.3) is 0 Å². The van der Waals surface area contributed by atoms with Crippen molar-refractivity contribution in [1.82, 2.24) is 25.1 Å². The summed E-state index contributed by atoms with van der Waals surface area (Å²) in [6.45, 7) is 3.26. The van der Waals surface area contributed by atoms with E-state index in [0.29, 0.717) is 24.8 Å². The van der Waals surface area contributed by atoms with Gasteiger partial charge in [0.25, 0.3) is 11.5 Å². The Hall–Kier alpha value is -2.44. The van der Waals surface area contributed by atoms with Gasteiger partial charge in [0.1, 0.15) is 5.82 Å². The number of fused-ring (bicyclic) bond motifs is 2. The normalized spacial score (nSPS) is 21.5. The largest absolute Gasteiger partial charge is 0.338 e. The molecule has 2 fully saturated rings. The van der Waals surface area contributed by atoms with Crippen molar-refractivity contribution in [3.63, 3.8) is 0 Å². The average molecular weight is 396 g/mol. The number of hydrogen-bond acceptors (Lipinski definition) is 4. The fraction of sp³-hybridized carbons (Fsp3) is 0.636. The summed E-state index contributed by atoms with van der Waals surface area (Å²) in [4.78, 5) is 35.1. The van der Waals surface area contributed by atoms with E-state index in [-0.39, 0.29) is 16.9 Å². The number of H-pyrrole nitrogens is 2. The molecule has 2 aliphatic carbocycles. The first-order valence-electron chi connectivity index (χ1n) is 11.0. The Morgan fingerprint density at radius 2 is 1.93 bits per heavy atom. The molecule has 29 heavy (non-hydrogen) atoms. The minimum atomic E-state index is -0.0479. The number of hydrogen-bond donors (Lipinski definition) is 2. The van der Waals surface area contributed by atoms with Gasteiger partial charge in [0, 0.05) is 30.0 Å². The van der Waals surface area contributed by atoms with E-state index < -0.39 is 0 Å². The summed E-state index contributed by atoms with van der Waals surface area (Å²) >= 11 is 0. The number of amides is 1. The van der Waals surface area contributed by atoms with Crippen LogP contribution in [-0.4, -0.2) is 44.1 Å². The number of rotatable bonds is 2. The van der Waals surface area contributed by atoms with Crippen molar-refractivity contribution in [2.45, 2.75) is 76.0 Å². The van der Waals surface area contributed by atoms with Crippen molar-refractivity contribution in [2.24, 2.45) is 0 Å². The van der Waals surface area contributed by atoms with Gasteiger partial charge >= 0.3 is 0 Å². The molecule has 1 saturated heterocycles. The third-order valence-corrected chi connectivity index (χ3v) is 7.41. The van der Waals surface area contributed by atoms with Gasteiger partial charge in [-0.15, -0.1) is 0 Å². The molecular formula is C22H29N5O2. The first-order valence-corrected chi connectivity index (χ1v) is 11.0. The molecule has 7 heteroatoms. The Labute approximate surface area is 170 Å². The molecule has 3 heterocycles. The Bertz CT molecular complexity index is 977. The quantitative estimate of drug-likeness (QED) is 0.817. The number of carbonyl (C=O) groups is 1. The maximum Gasteiger partial charge on any atom is 0.257 e. The number of aromatic amines is 2. The highest BCUT2D eigenvalue weighted by Gasteiger charge is 2.44. The van der Waals surface area contributed by atoms with E-state index in [9.17, 15) is 9.59 Å². The zero-order chi connectivity index (χ0) is 20.0. The van der Waals surface area contributed by atoms with Crippen LogP contribution in [0.4, 0.5) is 0 Å². The van der Waals surface area contributed by atoms with E-state index in [1.165, 1.54) is 19.3 Å². The summed E-state index contributed by atoms with van der Waals surface area (Å²) in [6, 6.07) is 0. The molecule has 154 valence electrons. The molecular weight excluding hydrogens is 366 g/mol. The number of piperidine rings is 1. The molecule has 2 aromatic rings. The topological polar surface area (TPSA) is 94.7 Å². The highest BCUT2D eigenvalue weighted by Crippen LogP contribution is 2.44. The van der Waals surface area contributed by atoms with E-state index in [0.717, 1.165) is 61.0 Å². The number of aromatic nitrogens is 4. The van der Waals surface area contributed by atoms with Gasteiger partial charge in [-0.1, -0.05) is 19.3 Å². The zero-order valence-corrected chi connectivity index (χ0v) is 17.1. The van der Waals surface area contributed by atoms with E-state index in [2.05, 4.69) is 15.2 Å². The van der Waals surface area contributed by atoms with Gasteiger partial charge in [-0.2, -0.15) is 5.10 Å². The van der Waals surface area contributed by atoms with Crippen LogP contribution in [0.3, 0.4) is 0 Å². The van der Waals surface area contributed by atoms with Crippen molar-refractivity contribution in [2.75, 3.05) is 13.1 Å². The predicted octanol–water partition coefficient (Wildman–Crippen LogP) is 2.97. The third-order valence-electron chi connectivity index (χ3n) is 7.41. The summed E-state index contributed by atoms with van der Waals surface area (Å²) in [5.74, 6) is 1.22. The highest BCUT2D eigenvalue weighted by atomic mass is 16.2. The summed E-state index contributed by atoms with van der Waals surface area (Å²) < 4.78 is 0. The lowest BCUT2D eigenvalue weighted by Gasteiger charge is -2.39. The van der Waals surface area contributed by atoms with Crippen molar-refractivity contribution in [3.8, 4) is 0 Å². The molecule has 0 bridgehead atoms. The lowest BCUT2D eigenvalue weighted by molar-refractivity contribution is 0.0661. The van der Waals surface area contributed by atoms with Crippen LogP contribution < -0.4 is 5.56 Å². The molecule has 5 rings (SSSR count). The van der Waals surface area contributed by atoms with Gasteiger partial charge in [0.05, 0.1) is 23.1 Å². The van der Waals surface area contributed by atoms with Crippen LogP contribution in [0.5, 0.6) is 0 Å². The second-order valence-corrected chi connectivity index (χ2v) is 9.08. The fourth-order valence-corrected chi connectivity index (χ4v) is 5.73. The second-order valence-electron chi connectivity index (χ2n) is 9.08. The van der Waals surface area contributed by atoms with Crippen molar-refractivity contribution >= 4 is 5.91 Å². The van der Waals surface area contributed by atoms with Gasteiger partial charge < -0.3 is 9.88 Å². The lowest BCUT2D eigenvalue weighted by atomic mass is 9.76. The smallest absolute Gasteiger partial charge is 0.257 e. The monoisotopic (exact) mass is 395 g/mol. The van der Waals surface area contributed by atoms with E-state index in [1.807, 2.05) is 11.8 Å². The second kappa shape index (κ2) is 7.11. The molecule has 7 nitrogen and oxygen atoms in total. The van der Waals surface area contributed by atoms with Crippen molar-refractivity contribution in [3.05, 3.63) is 44.9 Å². The maximum atomic E-state index is 13.3. The van der Waals surface area contributed by atoms with Gasteiger partial charge in [-0.05, 0) is 45.4 Å². The van der Waals surface area contributed by atoms with Gasteiger partial charge in [-0.3, -0.25) is 14.7 Å². The van der Waals surface area contributed by atoms with E-state index in [1.54, 1.807) is 6.20 Å². The summed E-state index contributed by atoms with van der Waals surface area (Å²) in [5, 5.41) is 7.34. The number of nitrogens with one attached hydrogen (secondary N) is 2. The molecule has 1 saturated carbocycles. The minimum Gasteiger partial charge on any atom is -0.338 e. The highest BCUT2D eigenvalue weighted by molar-refractivity contribution is 5.95. The number of carbonyl (C=O) groups excluding carboxylic acids is 1. The number of aryl methyl sites for hydroxylation is 1. The molecule has 0 radical (unpaired) electrons. The van der Waals surface area contributed by atoms with E-state index >= 15 is 0 Å². The Morgan fingerprint density at radius 1 is 1.17 bits per heavy atom. The molecule has 3 aliphatic rings. The fourth-order valence-electron chi connectivity index (χ4n) is 5.73. The molecule has 1 aliphatic heterocycles. The zero-order valence-electron chi connectivity index (χ0n) is 17.1. The van der Waals surface area contributed by atoms with Crippen LogP contribution in [0, 0.1) is 6.92 Å². The van der Waals surface area contributed by atoms with Crippen LogP contribution in [0.2, 0.25) is 0 Å². The Morgan fingerprint density at radius 3 is 2.69 bits per heavy atom. The molecule has 0 atom stereocenters. The summed E-state index contributed by atoms with van der Waals surface area (Å²) in [6.07, 6.45) is 11.2. The molecule has 2 N–H and O–H groups in total. The van der Waals surface area contributed by atoms with Crippen LogP contribution in [-0.2, 0) is 11.8 Å². The van der Waals surface area contributed by atoms with Crippen molar-refractivity contribution < 1.29 is 4.79 Å². The Kier molecular flexibility index (Phi) is 4.56. The first kappa shape index (κ1) is 18.6. The minimum absolute atomic E-state index is 0.0124. The van der Waals surface area contributed by atoms with E-state index in [4.69, 9.17) is 4.98 Å². The standard InChI is InChI=1S/C22H29N5O2/c1-14-24-19-16(20(28)25-14)7-8-22(19)9-11-27(12-10-22)21(29)17-13-23-26-18(17)15-5-3-2-4-6-15/h13,15H,2-12H2,1H3,(H,23,26)(H,24,25,28). The third kappa shape index (κ3) is 3.11. The van der Waals surface area contributed by atoms with Crippen LogP contribution >= 0.6 is 0 Å². The maximum absolute atomic E-state index is 13.3. The number of likely N-dealkylation sites (tertiary alicyclic amines) is 1. The van der Waals surface area contributed by atoms with Crippen molar-refractivity contribution in [1.29, 1.82) is 0 Å². The molecule has 0 unspecified atom stereocenters. The molecule has 2 aromatic heterocycles. The average Bonchev–Trinajstić information content (AvgIpc) is 3.35. The summed E-state index contributed by atoms with van der Waals surface area (Å²) in [5.41, 5.74) is 3.59. The summed E-state index contributed by atoms with van der Waals surface area (Å²) in [7, 11) is 0. The van der Waals surface area contributed by atoms with Gasteiger partial charge in [0.15, 0.2) is 0 Å². The first-order chi connectivity index (χ1) is 14.1. The van der Waals surface area contributed by atoms with Crippen LogP contribution in [0.15, 0.2) is 11.0 Å². The molecule has 1 spiro atoms. The van der Waals surface area contributed by atoms with Gasteiger partial charge in [-0.25, -0.2) is 4.98 Å². The molecule has 0 aromatic carbocycles.